The van der Waals surface area contributed by atoms with Crippen molar-refractivity contribution in [1.29, 1.82) is 0 Å². The molecule has 0 aliphatic carbocycles. The van der Waals surface area contributed by atoms with Gasteiger partial charge in [-0.05, 0) is 66.7 Å². The fourth-order valence-electron chi connectivity index (χ4n) is 5.55. The summed E-state index contributed by atoms with van der Waals surface area (Å²) in [5, 5.41) is -3.84. The summed E-state index contributed by atoms with van der Waals surface area (Å²) in [5.41, 5.74) is -3.65. The number of furan rings is 1. The third-order valence-electron chi connectivity index (χ3n) is 7.39. The van der Waals surface area contributed by atoms with Crippen LogP contribution in [0.25, 0.3) is 88.0 Å². The Morgan fingerprint density at radius 2 is 0.911 bits per heavy atom. The molecule has 45 heavy (non-hydrogen) atoms. The summed E-state index contributed by atoms with van der Waals surface area (Å²) < 4.78 is 228. The van der Waals surface area contributed by atoms with Gasteiger partial charge in [0.25, 0.3) is 0 Å². The maximum atomic E-state index is 9.57. The van der Waals surface area contributed by atoms with Crippen molar-refractivity contribution in [2.45, 2.75) is 0 Å². The van der Waals surface area contributed by atoms with Crippen LogP contribution in [0.2, 0.25) is 0 Å². The Kier molecular flexibility index (Phi) is 2.51. The first-order valence-corrected chi connectivity index (χ1v) is 13.4. The molecular formula is C44H28O. The van der Waals surface area contributed by atoms with Crippen molar-refractivity contribution >= 4 is 43.3 Å². The molecule has 0 fully saturated rings. The molecule has 0 N–H and O–H groups in total. The molecule has 0 aliphatic heterocycles. The maximum absolute atomic E-state index is 9.57. The second-order valence-electron chi connectivity index (χ2n) is 9.77. The normalized spacial score (nSPS) is 19.3. The van der Waals surface area contributed by atoms with E-state index in [1.54, 1.807) is 0 Å². The van der Waals surface area contributed by atoms with Crippen molar-refractivity contribution in [2.24, 2.45) is 0 Å². The number of rotatable bonds is 4. The lowest BCUT2D eigenvalue weighted by Gasteiger charge is -2.18. The second kappa shape index (κ2) is 10.4. The monoisotopic (exact) mass is 597 g/mol. The Morgan fingerprint density at radius 3 is 1.58 bits per heavy atom. The highest BCUT2D eigenvalue weighted by molar-refractivity contribution is 6.25. The largest absolute Gasteiger partial charge is 0.455 e. The Labute approximate surface area is 296 Å². The van der Waals surface area contributed by atoms with Crippen LogP contribution in [0, 0.1) is 0 Å². The molecule has 1 nitrogen and oxygen atoms in total. The van der Waals surface area contributed by atoms with Crippen LogP contribution in [0.15, 0.2) is 174 Å². The minimum absolute atomic E-state index is 0.105. The van der Waals surface area contributed by atoms with E-state index in [0.29, 0.717) is 0 Å². The molecule has 0 unspecified atom stereocenters. The molecule has 9 rings (SSSR count). The summed E-state index contributed by atoms with van der Waals surface area (Å²) in [7, 11) is 0. The van der Waals surface area contributed by atoms with Gasteiger partial charge in [0.15, 0.2) is 0 Å². The molecule has 8 aromatic carbocycles. The average Bonchev–Trinajstić information content (AvgIpc) is 3.71. The van der Waals surface area contributed by atoms with Crippen LogP contribution in [0.5, 0.6) is 0 Å². The van der Waals surface area contributed by atoms with E-state index in [0.717, 1.165) is 0 Å². The first-order chi connectivity index (χ1) is 32.7. The number of hydrogen-bond acceptors (Lipinski definition) is 1. The van der Waals surface area contributed by atoms with E-state index in [2.05, 4.69) is 0 Å². The second-order valence-corrected chi connectivity index (χ2v) is 9.77. The molecule has 210 valence electrons. The van der Waals surface area contributed by atoms with Crippen LogP contribution in [-0.2, 0) is 0 Å². The van der Waals surface area contributed by atoms with Gasteiger partial charge in [0, 0.05) is 22.1 Å². The van der Waals surface area contributed by atoms with E-state index in [1.807, 2.05) is 0 Å². The van der Waals surface area contributed by atoms with Crippen molar-refractivity contribution < 1.29 is 38.7 Å². The zero-order valence-corrected chi connectivity index (χ0v) is 22.6. The molecule has 1 heteroatoms. The molecule has 0 saturated heterocycles. The van der Waals surface area contributed by atoms with Gasteiger partial charge in [0.2, 0.25) is 0 Å². The van der Waals surface area contributed by atoms with Gasteiger partial charge < -0.3 is 4.42 Å². The predicted molar refractivity (Wildman–Crippen MR) is 190 cm³/mol. The summed E-state index contributed by atoms with van der Waals surface area (Å²) >= 11 is 0. The van der Waals surface area contributed by atoms with Crippen LogP contribution in [-0.4, -0.2) is 0 Å². The molecule has 1 heterocycles. The summed E-state index contributed by atoms with van der Waals surface area (Å²) in [6.45, 7) is 0. The minimum Gasteiger partial charge on any atom is -0.455 e. The fraction of sp³-hybridized carbons (Fsp3) is 0. The molecule has 0 amide bonds. The van der Waals surface area contributed by atoms with E-state index in [-0.39, 0.29) is 22.1 Å². The van der Waals surface area contributed by atoms with Crippen molar-refractivity contribution in [3.8, 4) is 44.7 Å². The van der Waals surface area contributed by atoms with Crippen LogP contribution >= 0.6 is 0 Å². The van der Waals surface area contributed by atoms with E-state index in [9.17, 15) is 6.85 Å². The fourth-order valence-corrected chi connectivity index (χ4v) is 5.55. The van der Waals surface area contributed by atoms with Crippen LogP contribution < -0.4 is 0 Å². The standard InChI is InChI=1S/C44H28O/c1-3-14-29(15-4-1)32-26-27-40-39(28-32)43(44(45-40)38-25-13-19-30-16-7-8-20-33(30)38)42-36-23-11-9-21-34(36)41(31-17-5-2-6-18-31)35-22-10-12-24-37(35)42/h1-28H/i1D,2D,3D,4D,5D,6D,7D,8D,9D,10D,11D,12D,13D,14D,15D,16D,17D,18D,19D,20D,21D,22D,23D,24D,25D. The Hall–Kier alpha value is -5.92. The van der Waals surface area contributed by atoms with Crippen molar-refractivity contribution in [2.75, 3.05) is 0 Å². The van der Waals surface area contributed by atoms with Crippen LogP contribution in [0.3, 0.4) is 0 Å². The summed E-state index contributed by atoms with van der Waals surface area (Å²) in [5.74, 6) is -0.625. The summed E-state index contributed by atoms with van der Waals surface area (Å²) in [4.78, 5) is 0. The van der Waals surface area contributed by atoms with E-state index in [4.69, 9.17) is 31.8 Å². The molecule has 0 radical (unpaired) electrons. The third-order valence-corrected chi connectivity index (χ3v) is 7.39. The number of benzene rings is 8. The molecule has 0 bridgehead atoms. The highest BCUT2D eigenvalue weighted by Crippen LogP contribution is 2.50. The maximum Gasteiger partial charge on any atom is 0.143 e. The summed E-state index contributed by atoms with van der Waals surface area (Å²) in [6.07, 6.45) is 0. The molecule has 0 atom stereocenters. The SMILES string of the molecule is [2H]c1c([2H])c([2H])c(-c2ccc3oc(-c4c([2H])c([2H])c([2H])c5c([2H])c([2H])c([2H])c([2H])c45)c(-c4c5c([2H])c([2H])c([2H])c([2H])c5c(-c5c([2H])c([2H])c([2H])c([2H])c5[2H])c5c([2H])c([2H])c([2H])c([2H])c45)c3c2)c([2H])c1[2H]. The first-order valence-electron chi connectivity index (χ1n) is 25.9. The number of hydrogen-bond donors (Lipinski definition) is 0. The average molecular weight is 598 g/mol. The topological polar surface area (TPSA) is 13.1 Å². The molecule has 0 spiro atoms. The molecule has 1 aromatic heterocycles. The molecule has 0 aliphatic rings. The lowest BCUT2D eigenvalue weighted by atomic mass is 9.84. The third kappa shape index (κ3) is 4.09. The van der Waals surface area contributed by atoms with E-state index < -0.39 is 217 Å². The van der Waals surface area contributed by atoms with Crippen molar-refractivity contribution in [3.05, 3.63) is 169 Å². The van der Waals surface area contributed by atoms with Gasteiger partial charge in [-0.3, -0.25) is 0 Å². The lowest BCUT2D eigenvalue weighted by Crippen LogP contribution is -1.92. The van der Waals surface area contributed by atoms with Gasteiger partial charge in [-0.25, -0.2) is 0 Å². The van der Waals surface area contributed by atoms with Gasteiger partial charge in [-0.15, -0.1) is 0 Å². The zero-order valence-electron chi connectivity index (χ0n) is 47.6. The highest BCUT2D eigenvalue weighted by Gasteiger charge is 2.25. The van der Waals surface area contributed by atoms with Gasteiger partial charge in [-0.2, -0.15) is 0 Å². The molecular weight excluding hydrogens is 544 g/mol. The van der Waals surface area contributed by atoms with Crippen molar-refractivity contribution in [1.82, 2.24) is 0 Å². The molecule has 0 saturated carbocycles. The van der Waals surface area contributed by atoms with Crippen molar-refractivity contribution in [3.63, 3.8) is 0 Å². The van der Waals surface area contributed by atoms with Crippen LogP contribution in [0.1, 0.15) is 34.3 Å². The van der Waals surface area contributed by atoms with Gasteiger partial charge in [0.1, 0.15) is 11.3 Å². The first kappa shape index (κ1) is 10.9. The smallest absolute Gasteiger partial charge is 0.143 e. The van der Waals surface area contributed by atoms with Gasteiger partial charge in [0.05, 0.1) is 34.3 Å². The predicted octanol–water partition coefficient (Wildman–Crippen LogP) is 12.6. The zero-order chi connectivity index (χ0) is 51.5. The lowest BCUT2D eigenvalue weighted by molar-refractivity contribution is 0.633. The summed E-state index contributed by atoms with van der Waals surface area (Å²) in [6, 6.07) is -17.5. The number of fused-ring (bicyclic) bond motifs is 4. The van der Waals surface area contributed by atoms with Crippen LogP contribution in [0.4, 0.5) is 0 Å². The molecule has 9 aromatic rings. The van der Waals surface area contributed by atoms with Gasteiger partial charge >= 0.3 is 0 Å². The van der Waals surface area contributed by atoms with E-state index >= 15 is 0 Å². The Morgan fingerprint density at radius 1 is 0.378 bits per heavy atom. The Bertz CT molecular complexity index is 3800. The Balaban J connectivity index is 1.68. The minimum atomic E-state index is -0.937. The quantitative estimate of drug-likeness (QED) is 0.184. The van der Waals surface area contributed by atoms with E-state index in [1.165, 1.54) is 18.2 Å². The highest BCUT2D eigenvalue weighted by atomic mass is 16.3. The van der Waals surface area contributed by atoms with Gasteiger partial charge in [-0.1, -0.05) is 157 Å².